The molecule has 1 aliphatic rings. The van der Waals surface area contributed by atoms with Crippen LogP contribution in [0, 0.1) is 5.92 Å². The zero-order valence-electron chi connectivity index (χ0n) is 11.0. The molecule has 100 valence electrons. The average Bonchev–Trinajstić information content (AvgIpc) is 2.93. The van der Waals surface area contributed by atoms with Crippen LogP contribution in [0.3, 0.4) is 0 Å². The summed E-state index contributed by atoms with van der Waals surface area (Å²) in [4.78, 5) is 8.59. The third-order valence-corrected chi connectivity index (χ3v) is 3.54. The summed E-state index contributed by atoms with van der Waals surface area (Å²) in [6.45, 7) is 1.74. The zero-order chi connectivity index (χ0) is 13.1. The quantitative estimate of drug-likeness (QED) is 0.911. The number of aryl methyl sites for hydroxylation is 1. The number of rotatable bonds is 4. The second-order valence-electron chi connectivity index (χ2n) is 4.84. The van der Waals surface area contributed by atoms with Crippen LogP contribution in [-0.4, -0.2) is 28.2 Å². The molecule has 0 bridgehead atoms. The van der Waals surface area contributed by atoms with E-state index in [1.54, 1.807) is 6.20 Å². The van der Waals surface area contributed by atoms with Crippen molar-refractivity contribution in [2.45, 2.75) is 19.4 Å². The molecular weight excluding hydrogens is 240 g/mol. The van der Waals surface area contributed by atoms with Gasteiger partial charge in [-0.05, 0) is 12.5 Å². The van der Waals surface area contributed by atoms with Crippen molar-refractivity contribution in [2.24, 2.45) is 5.92 Å². The first-order valence-electron chi connectivity index (χ1n) is 6.62. The average molecular weight is 258 g/mol. The Morgan fingerprint density at radius 1 is 1.42 bits per heavy atom. The van der Waals surface area contributed by atoms with Crippen LogP contribution in [0.2, 0.25) is 0 Å². The van der Waals surface area contributed by atoms with E-state index in [-0.39, 0.29) is 0 Å². The normalized spacial score (nSPS) is 17.8. The fraction of sp³-hybridized carbons (Fsp3) is 0.429. The molecule has 1 atom stereocenters. The topological polar surface area (TPSA) is 52.0 Å². The van der Waals surface area contributed by atoms with Gasteiger partial charge in [0.15, 0.2) is 0 Å². The summed E-state index contributed by atoms with van der Waals surface area (Å²) >= 11 is 0. The number of nitrogens with zero attached hydrogens (tertiary/aromatic N) is 3. The number of aromatic nitrogens is 3. The summed E-state index contributed by atoms with van der Waals surface area (Å²) in [7, 11) is 1.89. The van der Waals surface area contributed by atoms with Gasteiger partial charge in [0.1, 0.15) is 5.82 Å². The zero-order valence-corrected chi connectivity index (χ0v) is 11.0. The highest BCUT2D eigenvalue weighted by Gasteiger charge is 2.19. The lowest BCUT2D eigenvalue weighted by atomic mass is 9.99. The molecule has 1 unspecified atom stereocenters. The first kappa shape index (κ1) is 12.0. The van der Waals surface area contributed by atoms with E-state index in [4.69, 9.17) is 4.74 Å². The standard InChI is InChI=1S/C14H18N4O/c1-15-12-2-4-17-14(9-12)19-10-11-3-6-18-7-5-16-13(18)8-11/h2,4-5,7,9,11H,3,6,8,10H2,1H3,(H,15,17). The number of nitrogens with one attached hydrogen (secondary N) is 1. The smallest absolute Gasteiger partial charge is 0.215 e. The van der Waals surface area contributed by atoms with Crippen LogP contribution in [0.25, 0.3) is 0 Å². The lowest BCUT2D eigenvalue weighted by molar-refractivity contribution is 0.212. The van der Waals surface area contributed by atoms with Crippen LogP contribution in [0.15, 0.2) is 30.7 Å². The Morgan fingerprint density at radius 2 is 2.37 bits per heavy atom. The molecule has 2 aromatic heterocycles. The molecule has 5 heteroatoms. The van der Waals surface area contributed by atoms with Gasteiger partial charge >= 0.3 is 0 Å². The highest BCUT2D eigenvalue weighted by molar-refractivity contribution is 5.44. The maximum Gasteiger partial charge on any atom is 0.215 e. The Balaban J connectivity index is 1.58. The number of ether oxygens (including phenoxy) is 1. The van der Waals surface area contributed by atoms with Gasteiger partial charge in [-0.2, -0.15) is 0 Å². The van der Waals surface area contributed by atoms with E-state index in [0.29, 0.717) is 18.4 Å². The molecule has 0 saturated carbocycles. The number of fused-ring (bicyclic) bond motifs is 1. The molecular formula is C14H18N4O. The third kappa shape index (κ3) is 2.70. The highest BCUT2D eigenvalue weighted by atomic mass is 16.5. The van der Waals surface area contributed by atoms with Crippen molar-refractivity contribution >= 4 is 5.69 Å². The van der Waals surface area contributed by atoms with Crippen molar-refractivity contribution in [3.05, 3.63) is 36.5 Å². The third-order valence-electron chi connectivity index (χ3n) is 3.54. The molecule has 0 fully saturated rings. The van der Waals surface area contributed by atoms with E-state index < -0.39 is 0 Å². The predicted molar refractivity (Wildman–Crippen MR) is 73.3 cm³/mol. The summed E-state index contributed by atoms with van der Waals surface area (Å²) in [5.41, 5.74) is 1.02. The van der Waals surface area contributed by atoms with Gasteiger partial charge in [-0.1, -0.05) is 0 Å². The second-order valence-corrected chi connectivity index (χ2v) is 4.84. The lowest BCUT2D eigenvalue weighted by Gasteiger charge is -2.23. The number of pyridine rings is 1. The van der Waals surface area contributed by atoms with Gasteiger partial charge in [0.05, 0.1) is 6.61 Å². The number of hydrogen-bond acceptors (Lipinski definition) is 4. The molecule has 0 spiro atoms. The SMILES string of the molecule is CNc1ccnc(OCC2CCn3ccnc3C2)c1. The fourth-order valence-electron chi connectivity index (χ4n) is 2.40. The minimum absolute atomic E-state index is 0.523. The molecule has 0 saturated heterocycles. The van der Waals surface area contributed by atoms with E-state index >= 15 is 0 Å². The van der Waals surface area contributed by atoms with Crippen LogP contribution in [-0.2, 0) is 13.0 Å². The summed E-state index contributed by atoms with van der Waals surface area (Å²) in [6, 6.07) is 3.84. The number of imidazole rings is 1. The lowest BCUT2D eigenvalue weighted by Crippen LogP contribution is -2.24. The van der Waals surface area contributed by atoms with E-state index in [0.717, 1.165) is 30.9 Å². The second kappa shape index (κ2) is 5.30. The molecule has 0 aliphatic carbocycles. The Labute approximate surface area is 112 Å². The van der Waals surface area contributed by atoms with Crippen LogP contribution in [0.5, 0.6) is 5.88 Å². The van der Waals surface area contributed by atoms with Crippen molar-refractivity contribution in [2.75, 3.05) is 19.0 Å². The van der Waals surface area contributed by atoms with E-state index in [1.165, 1.54) is 0 Å². The van der Waals surface area contributed by atoms with Gasteiger partial charge in [-0.3, -0.25) is 0 Å². The first-order chi connectivity index (χ1) is 9.35. The molecule has 5 nitrogen and oxygen atoms in total. The van der Waals surface area contributed by atoms with Gasteiger partial charge in [-0.25, -0.2) is 9.97 Å². The van der Waals surface area contributed by atoms with Gasteiger partial charge in [0.25, 0.3) is 0 Å². The Hall–Kier alpha value is -2.04. The first-order valence-corrected chi connectivity index (χ1v) is 6.62. The Morgan fingerprint density at radius 3 is 3.26 bits per heavy atom. The Bertz CT molecular complexity index is 552. The van der Waals surface area contributed by atoms with Gasteiger partial charge < -0.3 is 14.6 Å². The van der Waals surface area contributed by atoms with E-state index in [2.05, 4.69) is 19.9 Å². The van der Waals surface area contributed by atoms with Crippen molar-refractivity contribution in [3.8, 4) is 5.88 Å². The van der Waals surface area contributed by atoms with Gasteiger partial charge in [0, 0.05) is 56.3 Å². The minimum Gasteiger partial charge on any atom is -0.477 e. The van der Waals surface area contributed by atoms with Crippen LogP contribution < -0.4 is 10.1 Å². The predicted octanol–water partition coefficient (Wildman–Crippen LogP) is 1.96. The van der Waals surface area contributed by atoms with Gasteiger partial charge in [0.2, 0.25) is 5.88 Å². The summed E-state index contributed by atoms with van der Waals surface area (Å²) in [6.07, 6.45) is 7.80. The molecule has 19 heavy (non-hydrogen) atoms. The fourth-order valence-corrected chi connectivity index (χ4v) is 2.40. The maximum absolute atomic E-state index is 5.79. The van der Waals surface area contributed by atoms with Crippen LogP contribution in [0.1, 0.15) is 12.2 Å². The number of hydrogen-bond donors (Lipinski definition) is 1. The molecule has 3 rings (SSSR count). The van der Waals surface area contributed by atoms with Crippen molar-refractivity contribution in [1.82, 2.24) is 14.5 Å². The summed E-state index contributed by atoms with van der Waals surface area (Å²) < 4.78 is 8.01. The Kier molecular flexibility index (Phi) is 3.35. The molecule has 1 N–H and O–H groups in total. The number of anilines is 1. The van der Waals surface area contributed by atoms with E-state index in [1.807, 2.05) is 31.6 Å². The summed E-state index contributed by atoms with van der Waals surface area (Å²) in [5.74, 6) is 2.37. The molecule has 0 aromatic carbocycles. The largest absolute Gasteiger partial charge is 0.477 e. The molecule has 0 radical (unpaired) electrons. The molecule has 2 aromatic rings. The molecule has 0 amide bonds. The van der Waals surface area contributed by atoms with Crippen LogP contribution in [0.4, 0.5) is 5.69 Å². The monoisotopic (exact) mass is 258 g/mol. The van der Waals surface area contributed by atoms with Crippen molar-refractivity contribution < 1.29 is 4.74 Å². The van der Waals surface area contributed by atoms with Crippen molar-refractivity contribution in [1.29, 1.82) is 0 Å². The molecule has 3 heterocycles. The van der Waals surface area contributed by atoms with Crippen molar-refractivity contribution in [3.63, 3.8) is 0 Å². The van der Waals surface area contributed by atoms with E-state index in [9.17, 15) is 0 Å². The maximum atomic E-state index is 5.79. The van der Waals surface area contributed by atoms with Gasteiger partial charge in [-0.15, -0.1) is 0 Å². The van der Waals surface area contributed by atoms with Crippen LogP contribution >= 0.6 is 0 Å². The minimum atomic E-state index is 0.523. The highest BCUT2D eigenvalue weighted by Crippen LogP contribution is 2.21. The molecule has 1 aliphatic heterocycles. The summed E-state index contributed by atoms with van der Waals surface area (Å²) in [5, 5.41) is 3.08.